The molecule has 0 unspecified atom stereocenters. The van der Waals surface area contributed by atoms with Gasteiger partial charge in [0.2, 0.25) is 0 Å². The number of carbonyl (C=O) groups excluding carboxylic acids is 1. The summed E-state index contributed by atoms with van der Waals surface area (Å²) < 4.78 is 4.94. The first-order valence-electron chi connectivity index (χ1n) is 7.83. The van der Waals surface area contributed by atoms with Crippen LogP contribution in [0, 0.1) is 0 Å². The standard InChI is InChI=1S/C21H19NO2/c1-24-21(23)18(15-22-19-11-3-2-4-12-19)14-17-10-7-9-16-8-5-6-13-20(16)17/h2-14,22H,15H2,1H3/b18-14+. The normalized spacial score (nSPS) is 11.3. The van der Waals surface area contributed by atoms with E-state index in [1.165, 1.54) is 7.11 Å². The minimum Gasteiger partial charge on any atom is -0.466 e. The van der Waals surface area contributed by atoms with Crippen LogP contribution in [0.15, 0.2) is 78.4 Å². The molecule has 3 aromatic carbocycles. The molecule has 3 rings (SSSR count). The predicted octanol–water partition coefficient (Wildman–Crippen LogP) is 4.51. The maximum atomic E-state index is 12.1. The van der Waals surface area contributed by atoms with Crippen molar-refractivity contribution in [1.29, 1.82) is 0 Å². The van der Waals surface area contributed by atoms with Gasteiger partial charge in [0, 0.05) is 12.2 Å². The highest BCUT2D eigenvalue weighted by Crippen LogP contribution is 2.21. The number of rotatable bonds is 5. The Balaban J connectivity index is 1.92. The molecule has 0 radical (unpaired) electrons. The molecule has 3 nitrogen and oxygen atoms in total. The molecule has 0 bridgehead atoms. The zero-order valence-corrected chi connectivity index (χ0v) is 13.5. The Hall–Kier alpha value is -3.07. The summed E-state index contributed by atoms with van der Waals surface area (Å²) in [6.45, 7) is 0.403. The van der Waals surface area contributed by atoms with Crippen molar-refractivity contribution in [2.24, 2.45) is 0 Å². The zero-order chi connectivity index (χ0) is 16.8. The summed E-state index contributed by atoms with van der Waals surface area (Å²) in [6, 6.07) is 24.0. The number of carbonyl (C=O) groups is 1. The van der Waals surface area contributed by atoms with Crippen molar-refractivity contribution in [3.63, 3.8) is 0 Å². The zero-order valence-electron chi connectivity index (χ0n) is 13.5. The topological polar surface area (TPSA) is 38.3 Å². The molecular weight excluding hydrogens is 298 g/mol. The number of ether oxygens (including phenoxy) is 1. The van der Waals surface area contributed by atoms with Crippen molar-refractivity contribution >= 4 is 28.5 Å². The van der Waals surface area contributed by atoms with Gasteiger partial charge < -0.3 is 10.1 Å². The van der Waals surface area contributed by atoms with Crippen LogP contribution in [-0.2, 0) is 9.53 Å². The number of methoxy groups -OCH3 is 1. The third-order valence-electron chi connectivity index (χ3n) is 3.86. The summed E-state index contributed by atoms with van der Waals surface area (Å²) in [6.07, 6.45) is 1.89. The average Bonchev–Trinajstić information content (AvgIpc) is 2.65. The van der Waals surface area contributed by atoms with Gasteiger partial charge in [0.1, 0.15) is 0 Å². The molecule has 0 atom stereocenters. The van der Waals surface area contributed by atoms with E-state index in [-0.39, 0.29) is 5.97 Å². The number of para-hydroxylation sites is 1. The number of nitrogens with one attached hydrogen (secondary N) is 1. The molecule has 0 aliphatic heterocycles. The van der Waals surface area contributed by atoms with Crippen molar-refractivity contribution in [1.82, 2.24) is 0 Å². The summed E-state index contributed by atoms with van der Waals surface area (Å²) in [5, 5.41) is 5.52. The van der Waals surface area contributed by atoms with Crippen molar-refractivity contribution in [2.75, 3.05) is 19.0 Å². The van der Waals surface area contributed by atoms with E-state index < -0.39 is 0 Å². The van der Waals surface area contributed by atoms with Gasteiger partial charge in [-0.05, 0) is 34.5 Å². The molecular formula is C21H19NO2. The number of hydrogen-bond donors (Lipinski definition) is 1. The maximum absolute atomic E-state index is 12.1. The van der Waals surface area contributed by atoms with Gasteiger partial charge in [-0.15, -0.1) is 0 Å². The van der Waals surface area contributed by atoms with E-state index in [1.54, 1.807) is 0 Å². The van der Waals surface area contributed by atoms with E-state index in [0.717, 1.165) is 22.0 Å². The first kappa shape index (κ1) is 15.8. The molecule has 0 aliphatic carbocycles. The highest BCUT2D eigenvalue weighted by molar-refractivity contribution is 5.99. The number of fused-ring (bicyclic) bond motifs is 1. The molecule has 3 aromatic rings. The average molecular weight is 317 g/mol. The summed E-state index contributed by atoms with van der Waals surface area (Å²) in [7, 11) is 1.40. The molecule has 0 saturated carbocycles. The van der Waals surface area contributed by atoms with Gasteiger partial charge in [-0.25, -0.2) is 4.79 Å². The molecule has 24 heavy (non-hydrogen) atoms. The number of esters is 1. The van der Waals surface area contributed by atoms with Crippen LogP contribution in [0.4, 0.5) is 5.69 Å². The van der Waals surface area contributed by atoms with Gasteiger partial charge >= 0.3 is 5.97 Å². The highest BCUT2D eigenvalue weighted by Gasteiger charge is 2.10. The van der Waals surface area contributed by atoms with E-state index in [2.05, 4.69) is 23.5 Å². The fraction of sp³-hybridized carbons (Fsp3) is 0.0952. The summed E-state index contributed by atoms with van der Waals surface area (Å²) in [5.74, 6) is -0.327. The van der Waals surface area contributed by atoms with E-state index in [4.69, 9.17) is 4.74 Å². The fourth-order valence-electron chi connectivity index (χ4n) is 2.63. The van der Waals surface area contributed by atoms with Crippen LogP contribution >= 0.6 is 0 Å². The van der Waals surface area contributed by atoms with Gasteiger partial charge in [-0.2, -0.15) is 0 Å². The van der Waals surface area contributed by atoms with Crippen LogP contribution in [0.25, 0.3) is 16.8 Å². The lowest BCUT2D eigenvalue weighted by atomic mass is 10.0. The van der Waals surface area contributed by atoms with Crippen LogP contribution in [0.3, 0.4) is 0 Å². The van der Waals surface area contributed by atoms with Crippen LogP contribution in [-0.4, -0.2) is 19.6 Å². The smallest absolute Gasteiger partial charge is 0.335 e. The summed E-state index contributed by atoms with van der Waals surface area (Å²) >= 11 is 0. The van der Waals surface area contributed by atoms with Crippen molar-refractivity contribution < 1.29 is 9.53 Å². The Kier molecular flexibility index (Phi) is 4.92. The van der Waals surface area contributed by atoms with Gasteiger partial charge in [-0.3, -0.25) is 0 Å². The lowest BCUT2D eigenvalue weighted by molar-refractivity contribution is -0.135. The van der Waals surface area contributed by atoms with Crippen LogP contribution in [0.1, 0.15) is 5.56 Å². The SMILES string of the molecule is COC(=O)/C(=C/c1cccc2ccccc12)CNc1ccccc1. The Morgan fingerprint density at radius 2 is 1.67 bits per heavy atom. The third kappa shape index (κ3) is 3.63. The minimum absolute atomic E-state index is 0.327. The maximum Gasteiger partial charge on any atom is 0.335 e. The molecule has 0 amide bonds. The van der Waals surface area contributed by atoms with Gasteiger partial charge in [0.15, 0.2) is 0 Å². The fourth-order valence-corrected chi connectivity index (χ4v) is 2.63. The molecule has 0 saturated heterocycles. The number of anilines is 1. The van der Waals surface area contributed by atoms with E-state index in [0.29, 0.717) is 12.1 Å². The Morgan fingerprint density at radius 3 is 2.46 bits per heavy atom. The van der Waals surface area contributed by atoms with E-state index >= 15 is 0 Å². The molecule has 0 spiro atoms. The lowest BCUT2D eigenvalue weighted by Crippen LogP contribution is -2.14. The van der Waals surface area contributed by atoms with Gasteiger partial charge in [-0.1, -0.05) is 60.7 Å². The third-order valence-corrected chi connectivity index (χ3v) is 3.86. The van der Waals surface area contributed by atoms with Crippen molar-refractivity contribution in [3.05, 3.63) is 83.9 Å². The molecule has 0 fully saturated rings. The predicted molar refractivity (Wildman–Crippen MR) is 98.9 cm³/mol. The largest absolute Gasteiger partial charge is 0.466 e. The quantitative estimate of drug-likeness (QED) is 0.556. The van der Waals surface area contributed by atoms with E-state index in [1.807, 2.05) is 60.7 Å². The summed E-state index contributed by atoms with van der Waals surface area (Å²) in [4.78, 5) is 12.1. The van der Waals surface area contributed by atoms with Crippen molar-refractivity contribution in [2.45, 2.75) is 0 Å². The second-order valence-electron chi connectivity index (χ2n) is 5.45. The number of benzene rings is 3. The second-order valence-corrected chi connectivity index (χ2v) is 5.45. The number of hydrogen-bond acceptors (Lipinski definition) is 3. The molecule has 120 valence electrons. The minimum atomic E-state index is -0.327. The van der Waals surface area contributed by atoms with E-state index in [9.17, 15) is 4.79 Å². The summed E-state index contributed by atoms with van der Waals surface area (Å²) in [5.41, 5.74) is 2.55. The van der Waals surface area contributed by atoms with Crippen LogP contribution in [0.5, 0.6) is 0 Å². The highest BCUT2D eigenvalue weighted by atomic mass is 16.5. The molecule has 0 aliphatic rings. The molecule has 3 heteroatoms. The monoisotopic (exact) mass is 317 g/mol. The lowest BCUT2D eigenvalue weighted by Gasteiger charge is -2.10. The Labute approximate surface area is 141 Å². The van der Waals surface area contributed by atoms with Gasteiger partial charge in [0.25, 0.3) is 0 Å². The van der Waals surface area contributed by atoms with Crippen molar-refractivity contribution in [3.8, 4) is 0 Å². The Bertz CT molecular complexity index is 864. The van der Waals surface area contributed by atoms with Crippen LogP contribution in [0.2, 0.25) is 0 Å². The Morgan fingerprint density at radius 1 is 0.958 bits per heavy atom. The molecule has 0 aromatic heterocycles. The first-order chi connectivity index (χ1) is 11.8. The van der Waals surface area contributed by atoms with Crippen LogP contribution < -0.4 is 5.32 Å². The molecule has 1 N–H and O–H groups in total. The second kappa shape index (κ2) is 7.47. The van der Waals surface area contributed by atoms with Gasteiger partial charge in [0.05, 0.1) is 12.7 Å². The molecule has 0 heterocycles. The first-order valence-corrected chi connectivity index (χ1v) is 7.83.